The lowest BCUT2D eigenvalue weighted by Gasteiger charge is -2.22. The van der Waals surface area contributed by atoms with Crippen molar-refractivity contribution in [3.05, 3.63) is 23.8 Å². The first-order valence-electron chi connectivity index (χ1n) is 7.76. The second-order valence-electron chi connectivity index (χ2n) is 5.23. The van der Waals surface area contributed by atoms with Crippen molar-refractivity contribution in [3.63, 3.8) is 0 Å². The van der Waals surface area contributed by atoms with Gasteiger partial charge in [0.15, 0.2) is 11.5 Å². The summed E-state index contributed by atoms with van der Waals surface area (Å²) in [6.45, 7) is 3.92. The van der Waals surface area contributed by atoms with Crippen molar-refractivity contribution in [2.45, 2.75) is 26.2 Å². The highest BCUT2D eigenvalue weighted by Gasteiger charge is 2.14. The fraction of sp³-hybridized carbons (Fsp3) is 0.562. The van der Waals surface area contributed by atoms with Gasteiger partial charge in [0, 0.05) is 19.6 Å². The molecule has 0 spiro atoms. The van der Waals surface area contributed by atoms with Crippen molar-refractivity contribution in [2.75, 3.05) is 33.0 Å². The topological polar surface area (TPSA) is 71.0 Å². The Morgan fingerprint density at radius 3 is 2.91 bits per heavy atom. The van der Waals surface area contributed by atoms with Crippen LogP contribution in [0.3, 0.4) is 0 Å². The third-order valence-corrected chi connectivity index (χ3v) is 3.57. The molecule has 1 aromatic rings. The molecule has 6 heteroatoms. The fourth-order valence-electron chi connectivity index (χ4n) is 2.31. The van der Waals surface area contributed by atoms with E-state index in [1.807, 2.05) is 18.2 Å². The Labute approximate surface area is 131 Å². The van der Waals surface area contributed by atoms with Crippen LogP contribution in [0.2, 0.25) is 0 Å². The van der Waals surface area contributed by atoms with Gasteiger partial charge >= 0.3 is 6.03 Å². The number of carbonyl (C=O) groups is 1. The maximum atomic E-state index is 12.1. The van der Waals surface area contributed by atoms with Gasteiger partial charge in [-0.05, 0) is 30.5 Å². The van der Waals surface area contributed by atoms with Crippen molar-refractivity contribution in [1.82, 2.24) is 10.2 Å². The van der Waals surface area contributed by atoms with Crippen LogP contribution in [0.25, 0.3) is 0 Å². The first kappa shape index (κ1) is 16.4. The van der Waals surface area contributed by atoms with E-state index < -0.39 is 0 Å². The Bertz CT molecular complexity index is 493. The van der Waals surface area contributed by atoms with Crippen LogP contribution < -0.4 is 14.8 Å². The zero-order valence-corrected chi connectivity index (χ0v) is 13.0. The van der Waals surface area contributed by atoms with Crippen molar-refractivity contribution in [1.29, 1.82) is 0 Å². The Hall–Kier alpha value is -1.95. The van der Waals surface area contributed by atoms with E-state index in [9.17, 15) is 4.79 Å². The molecule has 0 unspecified atom stereocenters. The molecule has 0 radical (unpaired) electrons. The molecular formula is C16H24N2O4. The normalized spacial score (nSPS) is 12.3. The first-order valence-corrected chi connectivity index (χ1v) is 7.76. The third kappa shape index (κ3) is 4.53. The number of ether oxygens (including phenoxy) is 2. The van der Waals surface area contributed by atoms with Gasteiger partial charge in [0.25, 0.3) is 0 Å². The largest absolute Gasteiger partial charge is 0.454 e. The molecule has 0 fully saturated rings. The molecule has 0 bridgehead atoms. The van der Waals surface area contributed by atoms with Crippen LogP contribution in [0.5, 0.6) is 11.5 Å². The molecule has 1 aliphatic rings. The van der Waals surface area contributed by atoms with E-state index in [-0.39, 0.29) is 19.4 Å². The maximum Gasteiger partial charge on any atom is 0.317 e. The molecule has 0 saturated carbocycles. The smallest absolute Gasteiger partial charge is 0.317 e. The predicted molar refractivity (Wildman–Crippen MR) is 83.2 cm³/mol. The molecule has 0 saturated heterocycles. The molecule has 22 heavy (non-hydrogen) atoms. The lowest BCUT2D eigenvalue weighted by atomic mass is 10.1. The predicted octanol–water partition coefficient (Wildman–Crippen LogP) is 1.76. The van der Waals surface area contributed by atoms with Crippen LogP contribution >= 0.6 is 0 Å². The number of aliphatic hydroxyl groups is 1. The third-order valence-electron chi connectivity index (χ3n) is 3.57. The minimum Gasteiger partial charge on any atom is -0.454 e. The number of hydrogen-bond acceptors (Lipinski definition) is 4. The number of carbonyl (C=O) groups excluding carboxylic acids is 1. The zero-order chi connectivity index (χ0) is 15.8. The summed E-state index contributed by atoms with van der Waals surface area (Å²) in [5, 5.41) is 11.9. The van der Waals surface area contributed by atoms with E-state index in [0.717, 1.165) is 36.3 Å². The highest BCUT2D eigenvalue weighted by molar-refractivity contribution is 5.74. The van der Waals surface area contributed by atoms with Gasteiger partial charge in [-0.2, -0.15) is 0 Å². The number of fused-ring (bicyclic) bond motifs is 1. The summed E-state index contributed by atoms with van der Waals surface area (Å²) in [4.78, 5) is 13.7. The molecule has 1 aromatic carbocycles. The van der Waals surface area contributed by atoms with Gasteiger partial charge < -0.3 is 24.8 Å². The number of amides is 2. The summed E-state index contributed by atoms with van der Waals surface area (Å²) >= 11 is 0. The van der Waals surface area contributed by atoms with E-state index in [1.165, 1.54) is 0 Å². The summed E-state index contributed by atoms with van der Waals surface area (Å²) in [5.41, 5.74) is 1.09. The number of nitrogens with zero attached hydrogens (tertiary/aromatic N) is 1. The van der Waals surface area contributed by atoms with E-state index in [1.54, 1.807) is 4.90 Å². The van der Waals surface area contributed by atoms with Gasteiger partial charge in [-0.1, -0.05) is 19.4 Å². The van der Waals surface area contributed by atoms with E-state index in [4.69, 9.17) is 14.6 Å². The van der Waals surface area contributed by atoms with E-state index in [2.05, 4.69) is 12.2 Å². The number of hydrogen-bond donors (Lipinski definition) is 2. The van der Waals surface area contributed by atoms with Gasteiger partial charge in [0.1, 0.15) is 0 Å². The Morgan fingerprint density at radius 2 is 2.14 bits per heavy atom. The first-order chi connectivity index (χ1) is 10.7. The van der Waals surface area contributed by atoms with Crippen LogP contribution in [0.1, 0.15) is 25.3 Å². The number of urea groups is 1. The van der Waals surface area contributed by atoms with E-state index in [0.29, 0.717) is 19.6 Å². The minimum atomic E-state index is -0.122. The second-order valence-corrected chi connectivity index (χ2v) is 5.23. The van der Waals surface area contributed by atoms with Crippen molar-refractivity contribution < 1.29 is 19.4 Å². The number of aliphatic hydroxyl groups excluding tert-OH is 1. The molecule has 0 aromatic heterocycles. The molecule has 2 N–H and O–H groups in total. The molecule has 6 nitrogen and oxygen atoms in total. The zero-order valence-electron chi connectivity index (χ0n) is 13.0. The highest BCUT2D eigenvalue weighted by atomic mass is 16.7. The summed E-state index contributed by atoms with van der Waals surface area (Å²) in [5.74, 6) is 1.52. The van der Waals surface area contributed by atoms with Gasteiger partial charge in [0.2, 0.25) is 6.79 Å². The number of benzene rings is 1. The van der Waals surface area contributed by atoms with Crippen LogP contribution in [-0.2, 0) is 6.42 Å². The van der Waals surface area contributed by atoms with Crippen LogP contribution in [0.4, 0.5) is 4.79 Å². The quantitative estimate of drug-likeness (QED) is 0.768. The Balaban J connectivity index is 1.78. The highest BCUT2D eigenvalue weighted by Crippen LogP contribution is 2.32. The minimum absolute atomic E-state index is 0.0146. The van der Waals surface area contributed by atoms with E-state index >= 15 is 0 Å². The molecule has 1 heterocycles. The summed E-state index contributed by atoms with van der Waals surface area (Å²) in [6, 6.07) is 5.68. The van der Waals surface area contributed by atoms with Crippen LogP contribution in [0.15, 0.2) is 18.2 Å². The summed E-state index contributed by atoms with van der Waals surface area (Å²) in [7, 11) is 0. The lowest BCUT2D eigenvalue weighted by molar-refractivity contribution is 0.174. The number of unbranched alkanes of at least 4 members (excludes halogenated alkanes) is 1. The van der Waals surface area contributed by atoms with Crippen LogP contribution in [-0.4, -0.2) is 49.1 Å². The Kier molecular flexibility index (Phi) is 6.33. The fourth-order valence-corrected chi connectivity index (χ4v) is 2.31. The standard InChI is InChI=1S/C16H24N2O4/c1-2-3-8-18(9-10-19)16(20)17-7-6-13-4-5-14-15(11-13)22-12-21-14/h4-5,11,19H,2-3,6-10,12H2,1H3,(H,17,20). The van der Waals surface area contributed by atoms with Crippen molar-refractivity contribution >= 4 is 6.03 Å². The van der Waals surface area contributed by atoms with Gasteiger partial charge in [-0.25, -0.2) is 4.79 Å². The average Bonchev–Trinajstić information content (AvgIpc) is 2.99. The Morgan fingerprint density at radius 1 is 1.32 bits per heavy atom. The summed E-state index contributed by atoms with van der Waals surface area (Å²) < 4.78 is 10.6. The second kappa shape index (κ2) is 8.48. The van der Waals surface area contributed by atoms with Crippen molar-refractivity contribution in [3.8, 4) is 11.5 Å². The van der Waals surface area contributed by atoms with Crippen LogP contribution in [0, 0.1) is 0 Å². The molecule has 122 valence electrons. The number of nitrogens with one attached hydrogen (secondary N) is 1. The number of rotatable bonds is 8. The van der Waals surface area contributed by atoms with Gasteiger partial charge in [-0.3, -0.25) is 0 Å². The van der Waals surface area contributed by atoms with Gasteiger partial charge in [0.05, 0.1) is 6.61 Å². The average molecular weight is 308 g/mol. The SMILES string of the molecule is CCCCN(CCO)C(=O)NCCc1ccc2c(c1)OCO2. The molecular weight excluding hydrogens is 284 g/mol. The molecule has 2 amide bonds. The molecule has 0 atom stereocenters. The summed E-state index contributed by atoms with van der Waals surface area (Å²) in [6.07, 6.45) is 2.69. The monoisotopic (exact) mass is 308 g/mol. The van der Waals surface area contributed by atoms with Gasteiger partial charge in [-0.15, -0.1) is 0 Å². The maximum absolute atomic E-state index is 12.1. The molecule has 2 rings (SSSR count). The van der Waals surface area contributed by atoms with Crippen molar-refractivity contribution in [2.24, 2.45) is 0 Å². The molecule has 1 aliphatic heterocycles. The molecule has 0 aliphatic carbocycles. The lowest BCUT2D eigenvalue weighted by Crippen LogP contribution is -2.42.